The van der Waals surface area contributed by atoms with E-state index in [2.05, 4.69) is 0 Å². The Bertz CT molecular complexity index is 1140. The van der Waals surface area contributed by atoms with E-state index in [0.717, 1.165) is 5.69 Å². The van der Waals surface area contributed by atoms with Gasteiger partial charge in [-0.05, 0) is 48.7 Å². The molecule has 0 bridgehead atoms. The van der Waals surface area contributed by atoms with E-state index in [1.807, 2.05) is 49.4 Å². The molecule has 0 radical (unpaired) electrons. The van der Waals surface area contributed by atoms with E-state index in [9.17, 15) is 19.2 Å². The van der Waals surface area contributed by atoms with Gasteiger partial charge in [0.15, 0.2) is 0 Å². The fourth-order valence-corrected chi connectivity index (χ4v) is 4.99. The number of fused-ring (bicyclic) bond motifs is 1. The highest BCUT2D eigenvalue weighted by Gasteiger charge is 2.50. The van der Waals surface area contributed by atoms with Crippen molar-refractivity contribution in [2.24, 2.45) is 23.7 Å². The van der Waals surface area contributed by atoms with Gasteiger partial charge in [-0.2, -0.15) is 0 Å². The zero-order valence-electron chi connectivity index (χ0n) is 18.2. The fourth-order valence-electron chi connectivity index (χ4n) is 4.99. The molecule has 7 heteroatoms. The third kappa shape index (κ3) is 3.73. The molecule has 2 aromatic rings. The third-order valence-electron chi connectivity index (χ3n) is 6.71. The van der Waals surface area contributed by atoms with Gasteiger partial charge in [-0.3, -0.25) is 24.1 Å². The van der Waals surface area contributed by atoms with Crippen LogP contribution in [0, 0.1) is 23.7 Å². The number of imide groups is 1. The summed E-state index contributed by atoms with van der Waals surface area (Å²) < 4.78 is 5.50. The lowest BCUT2D eigenvalue weighted by molar-refractivity contribution is -0.139. The molecular weight excluding hydrogens is 420 g/mol. The largest absolute Gasteiger partial charge is 0.426 e. The lowest BCUT2D eigenvalue weighted by Gasteiger charge is -2.22. The van der Waals surface area contributed by atoms with Gasteiger partial charge in [0, 0.05) is 18.7 Å². The number of carbonyl (C=O) groups is 4. The van der Waals surface area contributed by atoms with Crippen molar-refractivity contribution in [3.63, 3.8) is 0 Å². The lowest BCUT2D eigenvalue weighted by atomic mass is 9.78. The SMILES string of the molecule is C[C@@H]1C=CC[C@H]2C(=O)N(c3ccc(OC(=O)[C@@H]4CC(=O)N(c5ccccc5)C4)cc3)C(=O)[C@H]12. The Hall–Kier alpha value is -3.74. The molecule has 0 aromatic heterocycles. The number of para-hydroxylation sites is 1. The molecule has 0 unspecified atom stereocenters. The molecule has 7 nitrogen and oxygen atoms in total. The third-order valence-corrected chi connectivity index (χ3v) is 6.71. The van der Waals surface area contributed by atoms with Crippen LogP contribution in [0.5, 0.6) is 5.75 Å². The first kappa shape index (κ1) is 21.1. The average Bonchev–Trinajstić information content (AvgIpc) is 3.33. The number of rotatable bonds is 4. The number of hydrogen-bond acceptors (Lipinski definition) is 5. The zero-order valence-corrected chi connectivity index (χ0v) is 18.2. The van der Waals surface area contributed by atoms with Gasteiger partial charge in [0.25, 0.3) is 0 Å². The summed E-state index contributed by atoms with van der Waals surface area (Å²) >= 11 is 0. The first-order valence-corrected chi connectivity index (χ1v) is 11.2. The van der Waals surface area contributed by atoms with Crippen LogP contribution in [0.2, 0.25) is 0 Å². The van der Waals surface area contributed by atoms with Gasteiger partial charge in [0.05, 0.1) is 23.4 Å². The van der Waals surface area contributed by atoms with Crippen LogP contribution < -0.4 is 14.5 Å². The summed E-state index contributed by atoms with van der Waals surface area (Å²) in [5.41, 5.74) is 1.23. The van der Waals surface area contributed by atoms with E-state index < -0.39 is 11.9 Å². The van der Waals surface area contributed by atoms with Gasteiger partial charge in [-0.25, -0.2) is 0 Å². The van der Waals surface area contributed by atoms with Crippen LogP contribution in [0.1, 0.15) is 19.8 Å². The van der Waals surface area contributed by atoms with Crippen molar-refractivity contribution in [3.05, 3.63) is 66.7 Å². The molecule has 4 atom stereocenters. The van der Waals surface area contributed by atoms with Crippen LogP contribution in [-0.4, -0.2) is 30.2 Å². The summed E-state index contributed by atoms with van der Waals surface area (Å²) in [5.74, 6) is -1.83. The predicted octanol–water partition coefficient (Wildman–Crippen LogP) is 3.35. The molecule has 3 amide bonds. The van der Waals surface area contributed by atoms with Crippen LogP contribution in [0.25, 0.3) is 0 Å². The summed E-state index contributed by atoms with van der Waals surface area (Å²) in [6.07, 6.45) is 4.63. The van der Waals surface area contributed by atoms with Crippen molar-refractivity contribution in [3.8, 4) is 5.75 Å². The Morgan fingerprint density at radius 1 is 0.939 bits per heavy atom. The second-order valence-corrected chi connectivity index (χ2v) is 8.82. The van der Waals surface area contributed by atoms with Gasteiger partial charge in [-0.15, -0.1) is 0 Å². The monoisotopic (exact) mass is 444 g/mol. The fraction of sp³-hybridized carbons (Fsp3) is 0.308. The molecule has 2 aliphatic heterocycles. The van der Waals surface area contributed by atoms with Crippen LogP contribution in [0.15, 0.2) is 66.7 Å². The highest BCUT2D eigenvalue weighted by atomic mass is 16.5. The van der Waals surface area contributed by atoms with Crippen molar-refractivity contribution < 1.29 is 23.9 Å². The number of allylic oxidation sites excluding steroid dienone is 2. The van der Waals surface area contributed by atoms with E-state index >= 15 is 0 Å². The molecule has 0 saturated carbocycles. The highest BCUT2D eigenvalue weighted by molar-refractivity contribution is 6.22. The summed E-state index contributed by atoms with van der Waals surface area (Å²) in [7, 11) is 0. The molecule has 5 rings (SSSR count). The molecule has 2 heterocycles. The highest BCUT2D eigenvalue weighted by Crippen LogP contribution is 2.40. The summed E-state index contributed by atoms with van der Waals surface area (Å²) in [6.45, 7) is 2.22. The minimum absolute atomic E-state index is 0.0231. The van der Waals surface area contributed by atoms with Gasteiger partial charge in [0.2, 0.25) is 17.7 Å². The summed E-state index contributed by atoms with van der Waals surface area (Å²) in [5, 5.41) is 0. The topological polar surface area (TPSA) is 84.0 Å². The first-order chi connectivity index (χ1) is 15.9. The van der Waals surface area contributed by atoms with Crippen LogP contribution >= 0.6 is 0 Å². The molecule has 2 fully saturated rings. The van der Waals surface area contributed by atoms with Crippen LogP contribution in [-0.2, 0) is 19.2 Å². The van der Waals surface area contributed by atoms with E-state index in [1.54, 1.807) is 29.2 Å². The minimum atomic E-state index is -0.559. The van der Waals surface area contributed by atoms with Gasteiger partial charge >= 0.3 is 5.97 Å². The van der Waals surface area contributed by atoms with Crippen molar-refractivity contribution in [1.29, 1.82) is 0 Å². The minimum Gasteiger partial charge on any atom is -0.426 e. The Morgan fingerprint density at radius 3 is 2.36 bits per heavy atom. The second-order valence-electron chi connectivity index (χ2n) is 8.82. The summed E-state index contributed by atoms with van der Waals surface area (Å²) in [4.78, 5) is 53.7. The normalized spacial score (nSPS) is 26.6. The Labute approximate surface area is 191 Å². The van der Waals surface area contributed by atoms with Crippen molar-refractivity contribution >= 4 is 35.1 Å². The Balaban J connectivity index is 1.25. The number of carbonyl (C=O) groups excluding carboxylic acids is 4. The Kier molecular flexibility index (Phi) is 5.32. The molecule has 1 aliphatic carbocycles. The summed E-state index contributed by atoms with van der Waals surface area (Å²) in [6, 6.07) is 15.6. The van der Waals surface area contributed by atoms with E-state index in [4.69, 9.17) is 4.74 Å². The average molecular weight is 444 g/mol. The number of hydrogen-bond donors (Lipinski definition) is 0. The molecule has 33 heavy (non-hydrogen) atoms. The molecule has 0 N–H and O–H groups in total. The number of anilines is 2. The van der Waals surface area contributed by atoms with Crippen molar-refractivity contribution in [2.45, 2.75) is 19.8 Å². The number of esters is 1. The molecule has 168 valence electrons. The van der Waals surface area contributed by atoms with Crippen LogP contribution in [0.4, 0.5) is 11.4 Å². The maximum absolute atomic E-state index is 12.9. The van der Waals surface area contributed by atoms with E-state index in [1.165, 1.54) is 4.90 Å². The number of nitrogens with zero attached hydrogens (tertiary/aromatic N) is 2. The predicted molar refractivity (Wildman–Crippen MR) is 121 cm³/mol. The maximum atomic E-state index is 12.9. The van der Waals surface area contributed by atoms with Crippen molar-refractivity contribution in [2.75, 3.05) is 16.3 Å². The standard InChI is InChI=1S/C26H24N2O5/c1-16-6-5-9-21-23(16)25(31)28(24(21)30)19-10-12-20(13-11-19)33-26(32)17-14-22(29)27(15-17)18-7-3-2-4-8-18/h2-8,10-13,16-17,21,23H,9,14-15H2,1H3/t16-,17-,21-,23-/m1/s1. The second kappa shape index (κ2) is 8.31. The van der Waals surface area contributed by atoms with Gasteiger partial charge in [-0.1, -0.05) is 37.3 Å². The lowest BCUT2D eigenvalue weighted by Crippen LogP contribution is -2.31. The van der Waals surface area contributed by atoms with E-state index in [0.29, 0.717) is 17.9 Å². The van der Waals surface area contributed by atoms with Gasteiger partial charge < -0.3 is 9.64 Å². The smallest absolute Gasteiger partial charge is 0.316 e. The quantitative estimate of drug-likeness (QED) is 0.313. The van der Waals surface area contributed by atoms with Crippen molar-refractivity contribution in [1.82, 2.24) is 0 Å². The van der Waals surface area contributed by atoms with E-state index in [-0.39, 0.29) is 48.4 Å². The Morgan fingerprint density at radius 2 is 1.67 bits per heavy atom. The number of amides is 3. The molecular formula is C26H24N2O5. The molecule has 3 aliphatic rings. The first-order valence-electron chi connectivity index (χ1n) is 11.2. The number of benzene rings is 2. The molecule has 2 saturated heterocycles. The maximum Gasteiger partial charge on any atom is 0.316 e. The molecule has 0 spiro atoms. The van der Waals surface area contributed by atoms with Crippen LogP contribution in [0.3, 0.4) is 0 Å². The number of ether oxygens (including phenoxy) is 1. The molecule has 2 aromatic carbocycles. The van der Waals surface area contributed by atoms with Gasteiger partial charge in [0.1, 0.15) is 5.75 Å². The zero-order chi connectivity index (χ0) is 23.1.